The lowest BCUT2D eigenvalue weighted by Crippen LogP contribution is -2.30. The maximum Gasteiger partial charge on any atom is 0.408 e. The highest BCUT2D eigenvalue weighted by Gasteiger charge is 2.22. The highest BCUT2D eigenvalue weighted by Crippen LogP contribution is 2.28. The van der Waals surface area contributed by atoms with Crippen LogP contribution in [0.25, 0.3) is 0 Å². The normalized spacial score (nSPS) is 12.3. The van der Waals surface area contributed by atoms with Crippen LogP contribution in [0.15, 0.2) is 97.3 Å². The number of nitrogens with one attached hydrogen (secondary N) is 2. The zero-order valence-corrected chi connectivity index (χ0v) is 21.0. The van der Waals surface area contributed by atoms with Crippen molar-refractivity contribution < 1.29 is 14.3 Å². The predicted octanol–water partition coefficient (Wildman–Crippen LogP) is 6.54. The number of anilines is 2. The number of carbonyl (C=O) groups excluding carboxylic acids is 2. The molecule has 0 unspecified atom stereocenters. The third-order valence-electron chi connectivity index (χ3n) is 5.84. The van der Waals surface area contributed by atoms with Gasteiger partial charge in [-0.1, -0.05) is 73.1 Å². The zero-order chi connectivity index (χ0) is 26.2. The molecule has 2 amide bonds. The highest BCUT2D eigenvalue weighted by atomic mass is 35.5. The summed E-state index contributed by atoms with van der Waals surface area (Å²) < 4.78 is 5.85. The van der Waals surface area contributed by atoms with E-state index in [1.165, 1.54) is 6.20 Å². The Bertz CT molecular complexity index is 1360. The summed E-state index contributed by atoms with van der Waals surface area (Å²) in [6, 6.07) is 24.9. The molecule has 0 bridgehead atoms. The molecule has 0 saturated heterocycles. The van der Waals surface area contributed by atoms with Gasteiger partial charge in [-0.15, -0.1) is 0 Å². The first-order chi connectivity index (χ1) is 17.9. The molecule has 1 heterocycles. The summed E-state index contributed by atoms with van der Waals surface area (Å²) >= 11 is 6.13. The van der Waals surface area contributed by atoms with Gasteiger partial charge in [0, 0.05) is 23.5 Å². The van der Waals surface area contributed by atoms with Crippen LogP contribution >= 0.6 is 11.6 Å². The lowest BCUT2D eigenvalue weighted by molar-refractivity contribution is 0.102. The minimum atomic E-state index is -0.679. The average molecular weight is 515 g/mol. The van der Waals surface area contributed by atoms with E-state index in [0.29, 0.717) is 33.9 Å². The Balaban J connectivity index is 1.45. The van der Waals surface area contributed by atoms with Crippen molar-refractivity contribution in [1.29, 1.82) is 0 Å². The summed E-state index contributed by atoms with van der Waals surface area (Å²) in [4.78, 5) is 29.7. The molecule has 37 heavy (non-hydrogen) atoms. The van der Waals surface area contributed by atoms with Gasteiger partial charge in [0.2, 0.25) is 0 Å². The molecule has 3 aromatic carbocycles. The molecule has 0 spiro atoms. The molecular weight excluding hydrogens is 488 g/mol. The van der Waals surface area contributed by atoms with Gasteiger partial charge in [-0.05, 0) is 47.9 Å². The number of ether oxygens (including phenoxy) is 1. The van der Waals surface area contributed by atoms with E-state index in [-0.39, 0.29) is 11.9 Å². The number of alkyl carbamates (subject to hydrolysis) is 1. The minimum absolute atomic E-state index is 0.272. The van der Waals surface area contributed by atoms with Crippen molar-refractivity contribution in [3.05, 3.63) is 125 Å². The van der Waals surface area contributed by atoms with Crippen LogP contribution < -0.4 is 16.4 Å². The van der Waals surface area contributed by atoms with Crippen LogP contribution in [-0.2, 0) is 4.74 Å². The Morgan fingerprint density at radius 2 is 1.62 bits per heavy atom. The van der Waals surface area contributed by atoms with Crippen LogP contribution in [-0.4, -0.2) is 17.0 Å². The van der Waals surface area contributed by atoms with Gasteiger partial charge in [0.25, 0.3) is 5.91 Å². The van der Waals surface area contributed by atoms with Crippen molar-refractivity contribution in [1.82, 2.24) is 10.3 Å². The molecule has 0 aliphatic rings. The van der Waals surface area contributed by atoms with E-state index in [4.69, 9.17) is 22.1 Å². The van der Waals surface area contributed by atoms with E-state index >= 15 is 0 Å². The van der Waals surface area contributed by atoms with E-state index < -0.39 is 12.2 Å². The second-order valence-electron chi connectivity index (χ2n) is 8.40. The number of para-hydroxylation sites is 2. The van der Waals surface area contributed by atoms with Crippen molar-refractivity contribution in [2.45, 2.75) is 25.5 Å². The second-order valence-corrected chi connectivity index (χ2v) is 8.84. The largest absolute Gasteiger partial charge is 0.436 e. The number of amides is 2. The smallest absolute Gasteiger partial charge is 0.408 e. The number of hydrogen-bond donors (Lipinski definition) is 3. The first-order valence-electron chi connectivity index (χ1n) is 11.8. The van der Waals surface area contributed by atoms with Gasteiger partial charge in [0.15, 0.2) is 6.10 Å². The molecule has 4 N–H and O–H groups in total. The standard InChI is InChI=1S/C29H27ClN4O3/c1-2-25(19-12-14-21(15-13-19)28(35)33-26-11-7-6-10-24(26)31)34-29(36)37-27(20-8-4-3-5-9-20)22-16-23(30)18-32-17-22/h3-18,25,27H,2,31H2,1H3,(H,33,35)(H,34,36)/t25-,27-/m0/s1. The quantitative estimate of drug-likeness (QED) is 0.231. The number of hydrogen-bond acceptors (Lipinski definition) is 5. The van der Waals surface area contributed by atoms with Crippen LogP contribution in [0, 0.1) is 0 Å². The number of halogens is 1. The summed E-state index contributed by atoms with van der Waals surface area (Å²) in [7, 11) is 0. The number of aromatic nitrogens is 1. The predicted molar refractivity (Wildman–Crippen MR) is 145 cm³/mol. The monoisotopic (exact) mass is 514 g/mol. The highest BCUT2D eigenvalue weighted by molar-refractivity contribution is 6.30. The third-order valence-corrected chi connectivity index (χ3v) is 6.05. The van der Waals surface area contributed by atoms with E-state index in [9.17, 15) is 9.59 Å². The van der Waals surface area contributed by atoms with Crippen LogP contribution in [0.5, 0.6) is 0 Å². The topological polar surface area (TPSA) is 106 Å². The zero-order valence-electron chi connectivity index (χ0n) is 20.2. The molecule has 0 fully saturated rings. The van der Waals surface area contributed by atoms with Gasteiger partial charge < -0.3 is 21.1 Å². The lowest BCUT2D eigenvalue weighted by Gasteiger charge is -2.22. The fraction of sp³-hybridized carbons (Fsp3) is 0.138. The third kappa shape index (κ3) is 6.65. The Labute approximate surface area is 220 Å². The van der Waals surface area contributed by atoms with Crippen molar-refractivity contribution in [3.63, 3.8) is 0 Å². The van der Waals surface area contributed by atoms with Crippen LogP contribution in [0.1, 0.15) is 52.5 Å². The van der Waals surface area contributed by atoms with Crippen LogP contribution in [0.2, 0.25) is 5.02 Å². The number of rotatable bonds is 8. The second kappa shape index (κ2) is 12.1. The Kier molecular flexibility index (Phi) is 8.38. The van der Waals surface area contributed by atoms with E-state index in [1.54, 1.807) is 48.7 Å². The van der Waals surface area contributed by atoms with Crippen LogP contribution in [0.3, 0.4) is 0 Å². The molecular formula is C29H27ClN4O3. The Morgan fingerprint density at radius 1 is 0.919 bits per heavy atom. The number of nitrogens with zero attached hydrogens (tertiary/aromatic N) is 1. The molecule has 188 valence electrons. The number of nitrogen functional groups attached to an aromatic ring is 1. The minimum Gasteiger partial charge on any atom is -0.436 e. The summed E-state index contributed by atoms with van der Waals surface area (Å²) in [6.07, 6.45) is 2.51. The van der Waals surface area contributed by atoms with E-state index in [2.05, 4.69) is 15.6 Å². The maximum absolute atomic E-state index is 13.0. The molecule has 0 aliphatic heterocycles. The molecule has 8 heteroatoms. The van der Waals surface area contributed by atoms with Gasteiger partial charge in [0.1, 0.15) is 0 Å². The molecule has 2 atom stereocenters. The number of pyridine rings is 1. The lowest BCUT2D eigenvalue weighted by atomic mass is 10.0. The molecule has 4 aromatic rings. The van der Waals surface area contributed by atoms with Crippen molar-refractivity contribution >= 4 is 35.0 Å². The van der Waals surface area contributed by atoms with Crippen molar-refractivity contribution in [2.75, 3.05) is 11.1 Å². The molecule has 4 rings (SSSR count). The summed E-state index contributed by atoms with van der Waals surface area (Å²) in [6.45, 7) is 1.96. The van der Waals surface area contributed by atoms with Crippen molar-refractivity contribution in [2.24, 2.45) is 0 Å². The number of carbonyl (C=O) groups is 2. The summed E-state index contributed by atoms with van der Waals surface area (Å²) in [5.41, 5.74) is 9.73. The SMILES string of the molecule is CC[C@H](NC(=O)O[C@@H](c1ccccc1)c1cncc(Cl)c1)c1ccc(C(=O)Nc2ccccc2N)cc1. The molecule has 0 saturated carbocycles. The van der Waals surface area contributed by atoms with E-state index in [0.717, 1.165) is 11.1 Å². The van der Waals surface area contributed by atoms with Gasteiger partial charge in [-0.2, -0.15) is 0 Å². The average Bonchev–Trinajstić information content (AvgIpc) is 2.92. The molecule has 1 aromatic heterocycles. The molecule has 0 radical (unpaired) electrons. The Morgan fingerprint density at radius 3 is 2.30 bits per heavy atom. The van der Waals surface area contributed by atoms with Crippen molar-refractivity contribution in [3.8, 4) is 0 Å². The van der Waals surface area contributed by atoms with Gasteiger partial charge in [-0.25, -0.2) is 4.79 Å². The first-order valence-corrected chi connectivity index (χ1v) is 12.2. The first kappa shape index (κ1) is 25.7. The van der Waals surface area contributed by atoms with E-state index in [1.807, 2.05) is 49.4 Å². The van der Waals surface area contributed by atoms with Gasteiger partial charge in [0.05, 0.1) is 22.4 Å². The number of nitrogens with two attached hydrogens (primary N) is 1. The maximum atomic E-state index is 13.0. The van der Waals surface area contributed by atoms with Gasteiger partial charge in [-0.3, -0.25) is 9.78 Å². The number of benzene rings is 3. The summed E-state index contributed by atoms with van der Waals surface area (Å²) in [5.74, 6) is -0.272. The Hall–Kier alpha value is -4.36. The summed E-state index contributed by atoms with van der Waals surface area (Å²) in [5, 5.41) is 6.19. The molecule has 0 aliphatic carbocycles. The van der Waals surface area contributed by atoms with Gasteiger partial charge >= 0.3 is 6.09 Å². The fourth-order valence-corrected chi connectivity index (χ4v) is 4.09. The molecule has 7 nitrogen and oxygen atoms in total. The fourth-order valence-electron chi connectivity index (χ4n) is 3.90. The van der Waals surface area contributed by atoms with Crippen LogP contribution in [0.4, 0.5) is 16.2 Å².